The van der Waals surface area contributed by atoms with Crippen LogP contribution in [0.15, 0.2) is 42.5 Å². The third-order valence-corrected chi connectivity index (χ3v) is 5.08. The maximum Gasteiger partial charge on any atom is 0.257 e. The van der Waals surface area contributed by atoms with Gasteiger partial charge in [0.25, 0.3) is 5.91 Å². The van der Waals surface area contributed by atoms with Gasteiger partial charge in [0, 0.05) is 16.7 Å². The lowest BCUT2D eigenvalue weighted by Crippen LogP contribution is -2.41. The Bertz CT molecular complexity index is 798. The van der Waals surface area contributed by atoms with Gasteiger partial charge >= 0.3 is 0 Å². The highest BCUT2D eigenvalue weighted by Gasteiger charge is 2.57. The molecule has 1 amide bonds. The summed E-state index contributed by atoms with van der Waals surface area (Å²) in [5.74, 6) is 0.0810. The monoisotopic (exact) mass is 307 g/mol. The molecule has 3 heteroatoms. The number of ether oxygens (including phenoxy) is 1. The van der Waals surface area contributed by atoms with Crippen molar-refractivity contribution in [3.8, 4) is 0 Å². The fourth-order valence-electron chi connectivity index (χ4n) is 3.89. The van der Waals surface area contributed by atoms with Crippen LogP contribution in [0.1, 0.15) is 46.0 Å². The van der Waals surface area contributed by atoms with E-state index in [2.05, 4.69) is 39.0 Å². The first-order valence-electron chi connectivity index (χ1n) is 8.25. The van der Waals surface area contributed by atoms with Crippen LogP contribution in [0.25, 0.3) is 0 Å². The fraction of sp³-hybridized carbons (Fsp3) is 0.350. The van der Waals surface area contributed by atoms with Gasteiger partial charge in [-0.1, -0.05) is 48.9 Å². The van der Waals surface area contributed by atoms with E-state index < -0.39 is 5.72 Å². The Morgan fingerprint density at radius 2 is 1.96 bits per heavy atom. The maximum absolute atomic E-state index is 13.0. The van der Waals surface area contributed by atoms with Gasteiger partial charge in [0.15, 0.2) is 5.72 Å². The van der Waals surface area contributed by atoms with Gasteiger partial charge in [0.2, 0.25) is 0 Å². The first-order valence-corrected chi connectivity index (χ1v) is 8.25. The first-order chi connectivity index (χ1) is 11.1. The van der Waals surface area contributed by atoms with Crippen molar-refractivity contribution in [1.82, 2.24) is 4.90 Å². The molecule has 4 rings (SSSR count). The largest absolute Gasteiger partial charge is 0.342 e. The van der Waals surface area contributed by atoms with Gasteiger partial charge in [-0.25, -0.2) is 0 Å². The third kappa shape index (κ3) is 1.83. The molecular formula is C20H21NO2. The molecule has 1 saturated heterocycles. The van der Waals surface area contributed by atoms with Crippen LogP contribution < -0.4 is 0 Å². The summed E-state index contributed by atoms with van der Waals surface area (Å²) in [6.45, 7) is 6.94. The first kappa shape index (κ1) is 14.5. The number of hydrogen-bond acceptors (Lipinski definition) is 2. The molecule has 2 aromatic carbocycles. The van der Waals surface area contributed by atoms with Gasteiger partial charge in [-0.2, -0.15) is 0 Å². The molecule has 0 radical (unpaired) electrons. The standard InChI is InChI=1S/C20H21NO2/c1-4-15-12-21-19(22)16-7-5-6-8-17(16)20(21,23-15)18-11-13(2)9-10-14(18)3/h5-11,15H,4,12H2,1-3H3. The van der Waals surface area contributed by atoms with Gasteiger partial charge in [-0.15, -0.1) is 0 Å². The number of carbonyl (C=O) groups is 1. The van der Waals surface area contributed by atoms with E-state index in [1.165, 1.54) is 5.56 Å². The molecule has 0 saturated carbocycles. The minimum atomic E-state index is -0.759. The summed E-state index contributed by atoms with van der Waals surface area (Å²) in [5.41, 5.74) is 4.41. The highest BCUT2D eigenvalue weighted by atomic mass is 16.5. The maximum atomic E-state index is 13.0. The molecule has 2 aliphatic rings. The second-order valence-corrected chi connectivity index (χ2v) is 6.57. The van der Waals surface area contributed by atoms with Crippen LogP contribution in [0.5, 0.6) is 0 Å². The summed E-state index contributed by atoms with van der Waals surface area (Å²) in [4.78, 5) is 14.9. The number of benzene rings is 2. The van der Waals surface area contributed by atoms with Crippen molar-refractivity contribution in [2.75, 3.05) is 6.54 Å². The van der Waals surface area contributed by atoms with Crippen molar-refractivity contribution in [3.05, 3.63) is 70.3 Å². The number of hydrogen-bond donors (Lipinski definition) is 0. The normalized spacial score (nSPS) is 25.6. The van der Waals surface area contributed by atoms with Gasteiger partial charge in [0.1, 0.15) is 0 Å². The topological polar surface area (TPSA) is 29.5 Å². The second-order valence-electron chi connectivity index (χ2n) is 6.57. The van der Waals surface area contributed by atoms with E-state index in [0.717, 1.165) is 28.7 Å². The summed E-state index contributed by atoms with van der Waals surface area (Å²) < 4.78 is 6.55. The molecule has 3 nitrogen and oxygen atoms in total. The Kier molecular flexibility index (Phi) is 3.10. The Balaban J connectivity index is 2.02. The van der Waals surface area contributed by atoms with Crippen molar-refractivity contribution in [1.29, 1.82) is 0 Å². The molecule has 2 aromatic rings. The molecule has 2 atom stereocenters. The summed E-state index contributed by atoms with van der Waals surface area (Å²) >= 11 is 0. The number of fused-ring (bicyclic) bond motifs is 3. The number of amides is 1. The van der Waals surface area contributed by atoms with Crippen molar-refractivity contribution in [3.63, 3.8) is 0 Å². The van der Waals surface area contributed by atoms with Gasteiger partial charge in [-0.05, 0) is 31.9 Å². The number of aryl methyl sites for hydroxylation is 2. The summed E-state index contributed by atoms with van der Waals surface area (Å²) in [7, 11) is 0. The zero-order valence-corrected chi connectivity index (χ0v) is 13.8. The second kappa shape index (κ2) is 4.93. The predicted molar refractivity (Wildman–Crippen MR) is 89.3 cm³/mol. The van der Waals surface area contributed by atoms with Gasteiger partial charge < -0.3 is 4.74 Å². The zero-order chi connectivity index (χ0) is 16.2. The van der Waals surface area contributed by atoms with Crippen LogP contribution in [-0.4, -0.2) is 23.5 Å². The smallest absolute Gasteiger partial charge is 0.257 e. The quantitative estimate of drug-likeness (QED) is 0.845. The average molecular weight is 307 g/mol. The molecule has 2 unspecified atom stereocenters. The van der Waals surface area contributed by atoms with Crippen molar-refractivity contribution >= 4 is 5.91 Å². The van der Waals surface area contributed by atoms with E-state index in [9.17, 15) is 4.79 Å². The predicted octanol–water partition coefficient (Wildman–Crippen LogP) is 3.77. The number of carbonyl (C=O) groups excluding carboxylic acids is 1. The SMILES string of the molecule is CCC1CN2C(=O)c3ccccc3C2(c2cc(C)ccc2C)O1. The Hall–Kier alpha value is -2.13. The number of rotatable bonds is 2. The zero-order valence-electron chi connectivity index (χ0n) is 13.8. The highest BCUT2D eigenvalue weighted by molar-refractivity contribution is 6.00. The van der Waals surface area contributed by atoms with Crippen LogP contribution in [0.2, 0.25) is 0 Å². The molecule has 2 aliphatic heterocycles. The summed E-state index contributed by atoms with van der Waals surface area (Å²) in [6, 6.07) is 14.2. The molecule has 0 aliphatic carbocycles. The fourth-order valence-corrected chi connectivity index (χ4v) is 3.89. The van der Waals surface area contributed by atoms with Crippen LogP contribution in [-0.2, 0) is 10.5 Å². The Morgan fingerprint density at radius 3 is 2.74 bits per heavy atom. The molecule has 0 spiro atoms. The lowest BCUT2D eigenvalue weighted by molar-refractivity contribution is -0.0601. The van der Waals surface area contributed by atoms with Crippen molar-refractivity contribution in [2.45, 2.75) is 39.0 Å². The van der Waals surface area contributed by atoms with Gasteiger partial charge in [0.05, 0.1) is 12.6 Å². The molecule has 0 bridgehead atoms. The van der Waals surface area contributed by atoms with E-state index in [1.54, 1.807) is 0 Å². The van der Waals surface area contributed by atoms with E-state index in [-0.39, 0.29) is 12.0 Å². The van der Waals surface area contributed by atoms with Crippen LogP contribution in [0, 0.1) is 13.8 Å². The van der Waals surface area contributed by atoms with E-state index in [1.807, 2.05) is 29.2 Å². The molecular weight excluding hydrogens is 286 g/mol. The molecule has 1 fully saturated rings. The van der Waals surface area contributed by atoms with E-state index in [4.69, 9.17) is 4.74 Å². The van der Waals surface area contributed by atoms with E-state index >= 15 is 0 Å². The van der Waals surface area contributed by atoms with Crippen LogP contribution >= 0.6 is 0 Å². The lowest BCUT2D eigenvalue weighted by Gasteiger charge is -2.33. The van der Waals surface area contributed by atoms with Crippen LogP contribution in [0.3, 0.4) is 0 Å². The Labute approximate surface area is 136 Å². The lowest BCUT2D eigenvalue weighted by atomic mass is 9.90. The van der Waals surface area contributed by atoms with Crippen molar-refractivity contribution < 1.29 is 9.53 Å². The minimum Gasteiger partial charge on any atom is -0.342 e. The van der Waals surface area contributed by atoms with Gasteiger partial charge in [-0.3, -0.25) is 9.69 Å². The molecule has 2 heterocycles. The third-order valence-electron chi connectivity index (χ3n) is 5.08. The summed E-state index contributed by atoms with van der Waals surface area (Å²) in [5, 5.41) is 0. The molecule has 0 aromatic heterocycles. The molecule has 23 heavy (non-hydrogen) atoms. The Morgan fingerprint density at radius 1 is 1.17 bits per heavy atom. The number of nitrogens with zero attached hydrogens (tertiary/aromatic N) is 1. The van der Waals surface area contributed by atoms with Crippen molar-refractivity contribution in [2.24, 2.45) is 0 Å². The minimum absolute atomic E-state index is 0.0761. The average Bonchev–Trinajstić information content (AvgIpc) is 3.06. The van der Waals surface area contributed by atoms with Crippen LogP contribution in [0.4, 0.5) is 0 Å². The summed E-state index contributed by atoms with van der Waals surface area (Å²) in [6.07, 6.45) is 0.977. The van der Waals surface area contributed by atoms with E-state index in [0.29, 0.717) is 6.54 Å². The molecule has 0 N–H and O–H groups in total. The molecule has 118 valence electrons. The highest BCUT2D eigenvalue weighted by Crippen LogP contribution is 2.50.